The molecule has 0 spiro atoms. The number of hydrogen-bond acceptors (Lipinski definition) is 5. The fourth-order valence-electron chi connectivity index (χ4n) is 1.64. The van der Waals surface area contributed by atoms with Crippen molar-refractivity contribution in [2.45, 2.75) is 14.7 Å². The molecule has 0 saturated carbocycles. The summed E-state index contributed by atoms with van der Waals surface area (Å²) in [6.07, 6.45) is 0. The average molecular weight is 359 g/mol. The van der Waals surface area contributed by atoms with Gasteiger partial charge in [-0.1, -0.05) is 23.4 Å². The fraction of sp³-hybridized carbons (Fsp3) is 0.0769. The van der Waals surface area contributed by atoms with Crippen LogP contribution in [0.4, 0.5) is 5.69 Å². The Morgan fingerprint density at radius 2 is 1.82 bits per heavy atom. The summed E-state index contributed by atoms with van der Waals surface area (Å²) in [6, 6.07) is 10.6. The molecule has 2 rings (SSSR count). The Bertz CT molecular complexity index is 807. The zero-order valence-corrected chi connectivity index (χ0v) is 13.7. The van der Waals surface area contributed by atoms with Crippen molar-refractivity contribution in [3.05, 3.63) is 57.6 Å². The summed E-state index contributed by atoms with van der Waals surface area (Å²) in [5, 5.41) is 11.8. The number of sulfonamides is 1. The molecule has 9 heteroatoms. The molecule has 0 aliphatic carbocycles. The Labute approximate surface area is 136 Å². The van der Waals surface area contributed by atoms with E-state index in [0.717, 1.165) is 22.7 Å². The smallest absolute Gasteiger partial charge is 0.258 e. The van der Waals surface area contributed by atoms with Crippen LogP contribution in [-0.2, 0) is 10.0 Å². The summed E-state index contributed by atoms with van der Waals surface area (Å²) in [4.78, 5) is 11.5. The quantitative estimate of drug-likeness (QED) is 0.654. The van der Waals surface area contributed by atoms with Crippen LogP contribution in [0.15, 0.2) is 57.2 Å². The van der Waals surface area contributed by atoms with Crippen molar-refractivity contribution in [2.75, 3.05) is 7.05 Å². The lowest BCUT2D eigenvalue weighted by Gasteiger charge is -2.06. The molecule has 116 valence electrons. The third kappa shape index (κ3) is 3.77. The average Bonchev–Trinajstić information content (AvgIpc) is 2.49. The second-order valence-electron chi connectivity index (χ2n) is 4.15. The van der Waals surface area contributed by atoms with Crippen molar-refractivity contribution in [3.8, 4) is 0 Å². The maximum absolute atomic E-state index is 11.7. The Morgan fingerprint density at radius 3 is 2.36 bits per heavy atom. The van der Waals surface area contributed by atoms with Crippen molar-refractivity contribution >= 4 is 39.1 Å². The third-order valence-electron chi connectivity index (χ3n) is 2.75. The van der Waals surface area contributed by atoms with E-state index in [1.165, 1.54) is 19.2 Å². The normalized spacial score (nSPS) is 11.4. The molecule has 0 aromatic heterocycles. The molecule has 0 atom stereocenters. The lowest BCUT2D eigenvalue weighted by molar-refractivity contribution is -0.388. The van der Waals surface area contributed by atoms with Gasteiger partial charge in [-0.05, 0) is 43.4 Å². The zero-order valence-electron chi connectivity index (χ0n) is 11.3. The van der Waals surface area contributed by atoms with Crippen LogP contribution in [0.25, 0.3) is 0 Å². The van der Waals surface area contributed by atoms with Crippen LogP contribution in [-0.4, -0.2) is 20.4 Å². The fourth-order valence-corrected chi connectivity index (χ4v) is 3.42. The number of hydrogen-bond donors (Lipinski definition) is 1. The highest BCUT2D eigenvalue weighted by atomic mass is 35.5. The van der Waals surface area contributed by atoms with E-state index in [2.05, 4.69) is 4.72 Å². The van der Waals surface area contributed by atoms with E-state index in [4.69, 9.17) is 11.6 Å². The van der Waals surface area contributed by atoms with Crippen LogP contribution in [0.2, 0.25) is 5.02 Å². The SMILES string of the molecule is CNS(=O)(=O)c1ccc(Sc2ccc(Cl)cc2)c([N+](=O)[O-])c1. The number of nitro benzene ring substituents is 1. The standard InChI is InChI=1S/C13H11ClN2O4S2/c1-15-22(19,20)11-6-7-13(12(8-11)16(17)18)21-10-4-2-9(14)3-5-10/h2-8,15H,1H3. The van der Waals surface area contributed by atoms with Crippen molar-refractivity contribution < 1.29 is 13.3 Å². The first-order chi connectivity index (χ1) is 10.3. The van der Waals surface area contributed by atoms with Gasteiger partial charge in [0.25, 0.3) is 5.69 Å². The lowest BCUT2D eigenvalue weighted by atomic mass is 10.3. The maximum Gasteiger partial charge on any atom is 0.284 e. The number of benzene rings is 2. The second kappa shape index (κ2) is 6.66. The minimum absolute atomic E-state index is 0.151. The Hall–Kier alpha value is -1.61. The van der Waals surface area contributed by atoms with Crippen molar-refractivity contribution in [3.63, 3.8) is 0 Å². The summed E-state index contributed by atoms with van der Waals surface area (Å²) in [7, 11) is -2.48. The van der Waals surface area contributed by atoms with E-state index >= 15 is 0 Å². The first-order valence-electron chi connectivity index (χ1n) is 5.99. The van der Waals surface area contributed by atoms with Crippen LogP contribution in [0, 0.1) is 10.1 Å². The Kier molecular flexibility index (Phi) is 5.07. The molecule has 22 heavy (non-hydrogen) atoms. The monoisotopic (exact) mass is 358 g/mol. The van der Waals surface area contributed by atoms with Gasteiger partial charge in [-0.15, -0.1) is 0 Å². The summed E-state index contributed by atoms with van der Waals surface area (Å²) in [5.74, 6) is 0. The van der Waals surface area contributed by atoms with Crippen molar-refractivity contribution in [2.24, 2.45) is 0 Å². The molecule has 2 aromatic rings. The van der Waals surface area contributed by atoms with Crippen molar-refractivity contribution in [1.82, 2.24) is 4.72 Å². The molecule has 0 aliphatic rings. The molecule has 0 amide bonds. The third-order valence-corrected chi connectivity index (χ3v) is 5.48. The highest BCUT2D eigenvalue weighted by Gasteiger charge is 2.20. The molecule has 6 nitrogen and oxygen atoms in total. The molecular weight excluding hydrogens is 348 g/mol. The van der Waals surface area contributed by atoms with E-state index in [9.17, 15) is 18.5 Å². The van der Waals surface area contributed by atoms with Crippen LogP contribution in [0.1, 0.15) is 0 Å². The van der Waals surface area contributed by atoms with Crippen LogP contribution in [0.3, 0.4) is 0 Å². The van der Waals surface area contributed by atoms with Crippen LogP contribution < -0.4 is 4.72 Å². The summed E-state index contributed by atoms with van der Waals surface area (Å²) >= 11 is 6.95. The topological polar surface area (TPSA) is 89.3 Å². The van der Waals surface area contributed by atoms with E-state index in [0.29, 0.717) is 9.92 Å². The molecule has 0 aliphatic heterocycles. The second-order valence-corrected chi connectivity index (χ2v) is 7.59. The van der Waals surface area contributed by atoms with E-state index in [-0.39, 0.29) is 10.6 Å². The van der Waals surface area contributed by atoms with Gasteiger partial charge in [0.2, 0.25) is 10.0 Å². The van der Waals surface area contributed by atoms with Crippen LogP contribution >= 0.6 is 23.4 Å². The van der Waals surface area contributed by atoms with E-state index in [1.54, 1.807) is 24.3 Å². The largest absolute Gasteiger partial charge is 0.284 e. The van der Waals surface area contributed by atoms with Gasteiger partial charge in [0.15, 0.2) is 0 Å². The van der Waals surface area contributed by atoms with Gasteiger partial charge in [0.05, 0.1) is 14.7 Å². The van der Waals surface area contributed by atoms with Gasteiger partial charge in [0, 0.05) is 16.0 Å². The molecular formula is C13H11ClN2O4S2. The molecule has 0 unspecified atom stereocenters. The van der Waals surface area contributed by atoms with Gasteiger partial charge in [-0.2, -0.15) is 0 Å². The van der Waals surface area contributed by atoms with Gasteiger partial charge in [-0.25, -0.2) is 13.1 Å². The molecule has 0 radical (unpaired) electrons. The number of rotatable bonds is 5. The van der Waals surface area contributed by atoms with Gasteiger partial charge >= 0.3 is 0 Å². The summed E-state index contributed by atoms with van der Waals surface area (Å²) in [6.45, 7) is 0. The minimum Gasteiger partial charge on any atom is -0.258 e. The molecule has 1 N–H and O–H groups in total. The number of halogens is 1. The van der Waals surface area contributed by atoms with E-state index in [1.807, 2.05) is 0 Å². The molecule has 0 saturated heterocycles. The molecule has 0 fully saturated rings. The molecule has 2 aromatic carbocycles. The highest BCUT2D eigenvalue weighted by Crippen LogP contribution is 2.36. The molecule has 0 heterocycles. The first kappa shape index (κ1) is 16.8. The minimum atomic E-state index is -3.73. The van der Waals surface area contributed by atoms with E-state index < -0.39 is 14.9 Å². The highest BCUT2D eigenvalue weighted by molar-refractivity contribution is 7.99. The summed E-state index contributed by atoms with van der Waals surface area (Å²) < 4.78 is 25.6. The zero-order chi connectivity index (χ0) is 16.3. The summed E-state index contributed by atoms with van der Waals surface area (Å²) in [5.41, 5.74) is -0.267. The first-order valence-corrected chi connectivity index (χ1v) is 8.66. The van der Waals surface area contributed by atoms with Crippen molar-refractivity contribution in [1.29, 1.82) is 0 Å². The molecule has 0 bridgehead atoms. The number of nitrogens with one attached hydrogen (secondary N) is 1. The number of nitrogens with zero attached hydrogens (tertiary/aromatic N) is 1. The van der Waals surface area contributed by atoms with Crippen LogP contribution in [0.5, 0.6) is 0 Å². The van der Waals surface area contributed by atoms with Gasteiger partial charge in [-0.3, -0.25) is 10.1 Å². The predicted octanol–water partition coefficient (Wildman–Crippen LogP) is 3.31. The van der Waals surface area contributed by atoms with Gasteiger partial charge in [0.1, 0.15) is 0 Å². The number of nitro groups is 1. The van der Waals surface area contributed by atoms with Gasteiger partial charge < -0.3 is 0 Å². The Morgan fingerprint density at radius 1 is 1.18 bits per heavy atom. The lowest BCUT2D eigenvalue weighted by Crippen LogP contribution is -2.18. The Balaban J connectivity index is 2.44. The maximum atomic E-state index is 11.7. The predicted molar refractivity (Wildman–Crippen MR) is 84.9 cm³/mol.